The van der Waals surface area contributed by atoms with Crippen molar-refractivity contribution in [2.75, 3.05) is 5.32 Å². The minimum absolute atomic E-state index is 0.238. The summed E-state index contributed by atoms with van der Waals surface area (Å²) < 4.78 is 13.0. The lowest BCUT2D eigenvalue weighted by Gasteiger charge is -2.05. The average Bonchev–Trinajstić information content (AvgIpc) is 2.41. The maximum Gasteiger partial charge on any atom is 0.248 e. The van der Waals surface area contributed by atoms with Gasteiger partial charge in [-0.1, -0.05) is 18.2 Å². The molecule has 0 aliphatic carbocycles. The maximum absolute atomic E-state index is 13.0. The first-order chi connectivity index (χ1) is 9.54. The van der Waals surface area contributed by atoms with E-state index in [1.807, 2.05) is 32.0 Å². The number of carbonyl (C=O) groups excluding carboxylic acids is 1. The van der Waals surface area contributed by atoms with Gasteiger partial charge in [-0.15, -0.1) is 0 Å². The summed E-state index contributed by atoms with van der Waals surface area (Å²) in [6.45, 7) is 4.01. The smallest absolute Gasteiger partial charge is 0.248 e. The van der Waals surface area contributed by atoms with E-state index in [2.05, 4.69) is 5.32 Å². The molecule has 0 saturated carbocycles. The first kappa shape index (κ1) is 14.0. The molecule has 0 saturated heterocycles. The molecule has 2 aromatic rings. The SMILES string of the molecule is Cc1ccc(NC(=O)/C=C/c2cccc(F)c2)cc1C. The lowest BCUT2D eigenvalue weighted by molar-refractivity contribution is -0.111. The molecule has 0 aromatic heterocycles. The topological polar surface area (TPSA) is 29.1 Å². The fourth-order valence-corrected chi connectivity index (χ4v) is 1.79. The van der Waals surface area contributed by atoms with Crippen LogP contribution in [0.25, 0.3) is 6.08 Å². The Labute approximate surface area is 118 Å². The Bertz CT molecular complexity index is 662. The standard InChI is InChI=1S/C17H16FNO/c1-12-6-8-16(10-13(12)2)19-17(20)9-7-14-4-3-5-15(18)11-14/h3-11H,1-2H3,(H,19,20)/b9-7+. The molecule has 2 rings (SSSR count). The summed E-state index contributed by atoms with van der Waals surface area (Å²) in [5.74, 6) is -0.556. The summed E-state index contributed by atoms with van der Waals surface area (Å²) >= 11 is 0. The van der Waals surface area contributed by atoms with Crippen molar-refractivity contribution in [1.82, 2.24) is 0 Å². The highest BCUT2D eigenvalue weighted by atomic mass is 19.1. The number of anilines is 1. The van der Waals surface area contributed by atoms with Gasteiger partial charge in [-0.3, -0.25) is 4.79 Å². The highest BCUT2D eigenvalue weighted by molar-refractivity contribution is 6.01. The van der Waals surface area contributed by atoms with Gasteiger partial charge in [-0.05, 0) is 60.9 Å². The van der Waals surface area contributed by atoms with Crippen LogP contribution >= 0.6 is 0 Å². The Morgan fingerprint density at radius 1 is 1.10 bits per heavy atom. The first-order valence-electron chi connectivity index (χ1n) is 6.36. The van der Waals surface area contributed by atoms with Crippen molar-refractivity contribution in [3.63, 3.8) is 0 Å². The Morgan fingerprint density at radius 2 is 1.90 bits per heavy atom. The summed E-state index contributed by atoms with van der Waals surface area (Å²) in [4.78, 5) is 11.8. The Hall–Kier alpha value is -2.42. The molecule has 0 unspecified atom stereocenters. The summed E-state index contributed by atoms with van der Waals surface area (Å²) in [5.41, 5.74) is 3.71. The minimum Gasteiger partial charge on any atom is -0.323 e. The summed E-state index contributed by atoms with van der Waals surface area (Å²) in [5, 5.41) is 2.78. The van der Waals surface area contributed by atoms with Crippen LogP contribution in [0.4, 0.5) is 10.1 Å². The molecule has 1 N–H and O–H groups in total. The van der Waals surface area contributed by atoms with Gasteiger partial charge in [0.15, 0.2) is 0 Å². The van der Waals surface area contributed by atoms with E-state index in [-0.39, 0.29) is 11.7 Å². The molecule has 3 heteroatoms. The molecule has 0 fully saturated rings. The number of nitrogens with one attached hydrogen (secondary N) is 1. The van der Waals surface area contributed by atoms with Crippen molar-refractivity contribution in [1.29, 1.82) is 0 Å². The third-order valence-corrected chi connectivity index (χ3v) is 3.05. The molecule has 0 atom stereocenters. The summed E-state index contributed by atoms with van der Waals surface area (Å²) in [6.07, 6.45) is 2.98. The lowest BCUT2D eigenvalue weighted by atomic mass is 10.1. The van der Waals surface area contributed by atoms with Crippen LogP contribution in [0.5, 0.6) is 0 Å². The van der Waals surface area contributed by atoms with Gasteiger partial charge in [0, 0.05) is 11.8 Å². The van der Waals surface area contributed by atoms with Gasteiger partial charge in [0.1, 0.15) is 5.82 Å². The molecule has 0 spiro atoms. The van der Waals surface area contributed by atoms with E-state index in [1.165, 1.54) is 23.8 Å². The van der Waals surface area contributed by atoms with E-state index < -0.39 is 0 Å². The van der Waals surface area contributed by atoms with Gasteiger partial charge >= 0.3 is 0 Å². The van der Waals surface area contributed by atoms with Crippen LogP contribution in [0.3, 0.4) is 0 Å². The van der Waals surface area contributed by atoms with Crippen LogP contribution in [0, 0.1) is 19.7 Å². The first-order valence-corrected chi connectivity index (χ1v) is 6.36. The fourth-order valence-electron chi connectivity index (χ4n) is 1.79. The lowest BCUT2D eigenvalue weighted by Crippen LogP contribution is -2.07. The minimum atomic E-state index is -0.318. The van der Waals surface area contributed by atoms with Gasteiger partial charge in [-0.2, -0.15) is 0 Å². The van der Waals surface area contributed by atoms with Crippen molar-refractivity contribution in [3.05, 3.63) is 71.0 Å². The third kappa shape index (κ3) is 3.79. The number of aryl methyl sites for hydroxylation is 2. The molecule has 102 valence electrons. The quantitative estimate of drug-likeness (QED) is 0.835. The molecule has 0 radical (unpaired) electrons. The van der Waals surface area contributed by atoms with Gasteiger partial charge in [0.05, 0.1) is 0 Å². The van der Waals surface area contributed by atoms with Gasteiger partial charge in [0.25, 0.3) is 0 Å². The van der Waals surface area contributed by atoms with Gasteiger partial charge in [0.2, 0.25) is 5.91 Å². The molecular formula is C17H16FNO. The molecule has 0 heterocycles. The fraction of sp³-hybridized carbons (Fsp3) is 0.118. The zero-order valence-corrected chi connectivity index (χ0v) is 11.5. The maximum atomic E-state index is 13.0. The summed E-state index contributed by atoms with van der Waals surface area (Å²) in [7, 11) is 0. The molecular weight excluding hydrogens is 253 g/mol. The van der Waals surface area contributed by atoms with Gasteiger partial charge < -0.3 is 5.32 Å². The highest BCUT2D eigenvalue weighted by Gasteiger charge is 2.00. The van der Waals surface area contributed by atoms with E-state index in [1.54, 1.807) is 18.2 Å². The zero-order valence-electron chi connectivity index (χ0n) is 11.5. The number of hydrogen-bond acceptors (Lipinski definition) is 1. The predicted octanol–water partition coefficient (Wildman–Crippen LogP) is 4.09. The van der Waals surface area contributed by atoms with Crippen LogP contribution in [-0.4, -0.2) is 5.91 Å². The molecule has 2 aromatic carbocycles. The monoisotopic (exact) mass is 269 g/mol. The average molecular weight is 269 g/mol. The summed E-state index contributed by atoms with van der Waals surface area (Å²) in [6, 6.07) is 11.8. The Morgan fingerprint density at radius 3 is 2.60 bits per heavy atom. The molecule has 0 aliphatic rings. The Kier molecular flexibility index (Phi) is 4.31. The number of amides is 1. The second kappa shape index (κ2) is 6.15. The molecule has 2 nitrogen and oxygen atoms in total. The molecule has 20 heavy (non-hydrogen) atoms. The molecule has 1 amide bonds. The van der Waals surface area contributed by atoms with E-state index in [0.29, 0.717) is 5.56 Å². The number of benzene rings is 2. The van der Waals surface area contributed by atoms with E-state index in [4.69, 9.17) is 0 Å². The van der Waals surface area contributed by atoms with Gasteiger partial charge in [-0.25, -0.2) is 4.39 Å². The van der Waals surface area contributed by atoms with E-state index >= 15 is 0 Å². The van der Waals surface area contributed by atoms with E-state index in [9.17, 15) is 9.18 Å². The molecule has 0 aliphatic heterocycles. The van der Waals surface area contributed by atoms with Crippen LogP contribution in [0.15, 0.2) is 48.5 Å². The largest absolute Gasteiger partial charge is 0.323 e. The number of rotatable bonds is 3. The van der Waals surface area contributed by atoms with Crippen molar-refractivity contribution < 1.29 is 9.18 Å². The van der Waals surface area contributed by atoms with Crippen molar-refractivity contribution in [3.8, 4) is 0 Å². The number of hydrogen-bond donors (Lipinski definition) is 1. The van der Waals surface area contributed by atoms with Crippen LogP contribution in [-0.2, 0) is 4.79 Å². The second-order valence-electron chi connectivity index (χ2n) is 4.68. The number of halogens is 1. The van der Waals surface area contributed by atoms with Crippen molar-refractivity contribution >= 4 is 17.7 Å². The Balaban J connectivity index is 2.03. The zero-order chi connectivity index (χ0) is 14.5. The van der Waals surface area contributed by atoms with Crippen LogP contribution in [0.2, 0.25) is 0 Å². The van der Waals surface area contributed by atoms with Crippen LogP contribution < -0.4 is 5.32 Å². The molecule has 0 bridgehead atoms. The number of carbonyl (C=O) groups is 1. The second-order valence-corrected chi connectivity index (χ2v) is 4.68. The normalized spacial score (nSPS) is 10.8. The van der Waals surface area contributed by atoms with Crippen LogP contribution in [0.1, 0.15) is 16.7 Å². The van der Waals surface area contributed by atoms with E-state index in [0.717, 1.165) is 11.3 Å². The highest BCUT2D eigenvalue weighted by Crippen LogP contribution is 2.14. The predicted molar refractivity (Wildman–Crippen MR) is 80.0 cm³/mol. The van der Waals surface area contributed by atoms with Crippen molar-refractivity contribution in [2.24, 2.45) is 0 Å². The third-order valence-electron chi connectivity index (χ3n) is 3.05. The van der Waals surface area contributed by atoms with Crippen molar-refractivity contribution in [2.45, 2.75) is 13.8 Å².